The van der Waals surface area contributed by atoms with Crippen LogP contribution in [0.2, 0.25) is 10.0 Å². The zero-order valence-electron chi connectivity index (χ0n) is 14.7. The van der Waals surface area contributed by atoms with Crippen LogP contribution in [0.4, 0.5) is 0 Å². The lowest BCUT2D eigenvalue weighted by molar-refractivity contribution is -0.123. The standard InChI is InChI=1S/C19H20Cl2N2O3/c1-19(2,3)13-4-6-15(7-5-13)26-11-17(24)23-22-10-12-8-14(20)9-16(21)18(12)25/h4-10,25H,11H2,1-3H3,(H,23,24). The molecule has 26 heavy (non-hydrogen) atoms. The zero-order valence-corrected chi connectivity index (χ0v) is 16.2. The van der Waals surface area contributed by atoms with Crippen LogP contribution < -0.4 is 10.2 Å². The number of halogens is 2. The van der Waals surface area contributed by atoms with Crippen molar-refractivity contribution in [3.8, 4) is 11.5 Å². The summed E-state index contributed by atoms with van der Waals surface area (Å²) in [6.45, 7) is 6.19. The van der Waals surface area contributed by atoms with E-state index < -0.39 is 5.91 Å². The van der Waals surface area contributed by atoms with Crippen molar-refractivity contribution < 1.29 is 14.6 Å². The third kappa shape index (κ3) is 5.64. The Bertz CT molecular complexity index is 813. The van der Waals surface area contributed by atoms with Gasteiger partial charge in [0.25, 0.3) is 5.91 Å². The lowest BCUT2D eigenvalue weighted by Crippen LogP contribution is -2.24. The normalized spacial score (nSPS) is 11.6. The van der Waals surface area contributed by atoms with Crippen LogP contribution in [0.5, 0.6) is 11.5 Å². The number of aromatic hydroxyl groups is 1. The van der Waals surface area contributed by atoms with Gasteiger partial charge in [-0.2, -0.15) is 5.10 Å². The Morgan fingerprint density at radius 1 is 1.23 bits per heavy atom. The number of ether oxygens (including phenoxy) is 1. The highest BCUT2D eigenvalue weighted by atomic mass is 35.5. The van der Waals surface area contributed by atoms with Crippen molar-refractivity contribution in [3.05, 3.63) is 57.6 Å². The van der Waals surface area contributed by atoms with Crippen LogP contribution in [-0.4, -0.2) is 23.8 Å². The van der Waals surface area contributed by atoms with E-state index in [2.05, 4.69) is 31.3 Å². The van der Waals surface area contributed by atoms with Gasteiger partial charge in [0.15, 0.2) is 6.61 Å². The van der Waals surface area contributed by atoms with E-state index in [1.807, 2.05) is 24.3 Å². The molecule has 7 heteroatoms. The Morgan fingerprint density at radius 2 is 1.88 bits per heavy atom. The molecule has 0 heterocycles. The second-order valence-electron chi connectivity index (χ2n) is 6.68. The molecule has 2 rings (SSSR count). The lowest BCUT2D eigenvalue weighted by Gasteiger charge is -2.19. The van der Waals surface area contributed by atoms with Crippen LogP contribution in [0.15, 0.2) is 41.5 Å². The van der Waals surface area contributed by atoms with Crippen molar-refractivity contribution in [2.75, 3.05) is 6.61 Å². The quantitative estimate of drug-likeness (QED) is 0.578. The molecule has 0 unspecified atom stereocenters. The molecule has 0 fully saturated rings. The van der Waals surface area contributed by atoms with Crippen LogP contribution in [0.1, 0.15) is 31.9 Å². The van der Waals surface area contributed by atoms with Gasteiger partial charge in [0.2, 0.25) is 0 Å². The van der Waals surface area contributed by atoms with E-state index >= 15 is 0 Å². The Morgan fingerprint density at radius 3 is 2.50 bits per heavy atom. The van der Waals surface area contributed by atoms with Gasteiger partial charge in [-0.25, -0.2) is 5.43 Å². The maximum atomic E-state index is 11.8. The molecule has 0 aromatic heterocycles. The highest BCUT2D eigenvalue weighted by Gasteiger charge is 2.13. The van der Waals surface area contributed by atoms with Gasteiger partial charge in [-0.15, -0.1) is 0 Å². The number of nitrogens with zero attached hydrogens (tertiary/aromatic N) is 1. The van der Waals surface area contributed by atoms with Crippen molar-refractivity contribution in [2.24, 2.45) is 5.10 Å². The number of hydrogen-bond acceptors (Lipinski definition) is 4. The number of amides is 1. The summed E-state index contributed by atoms with van der Waals surface area (Å²) in [5.74, 6) is -0.00517. The summed E-state index contributed by atoms with van der Waals surface area (Å²) in [7, 11) is 0. The summed E-state index contributed by atoms with van der Waals surface area (Å²) in [5.41, 5.74) is 3.84. The minimum Gasteiger partial charge on any atom is -0.506 e. The first-order valence-electron chi connectivity index (χ1n) is 7.90. The maximum absolute atomic E-state index is 11.8. The molecular weight excluding hydrogens is 375 g/mol. The monoisotopic (exact) mass is 394 g/mol. The summed E-state index contributed by atoms with van der Waals surface area (Å²) < 4.78 is 5.42. The van der Waals surface area contributed by atoms with E-state index in [1.54, 1.807) is 0 Å². The Kier molecular flexibility index (Phi) is 6.51. The van der Waals surface area contributed by atoms with Crippen LogP contribution in [0.25, 0.3) is 0 Å². The van der Waals surface area contributed by atoms with Gasteiger partial charge in [0, 0.05) is 10.6 Å². The van der Waals surface area contributed by atoms with E-state index in [9.17, 15) is 9.90 Å². The number of benzene rings is 2. The average molecular weight is 395 g/mol. The molecule has 0 atom stereocenters. The first-order chi connectivity index (χ1) is 12.2. The molecule has 0 aliphatic carbocycles. The highest BCUT2D eigenvalue weighted by molar-refractivity contribution is 6.36. The van der Waals surface area contributed by atoms with Crippen LogP contribution in [-0.2, 0) is 10.2 Å². The molecule has 0 spiro atoms. The van der Waals surface area contributed by atoms with Gasteiger partial charge >= 0.3 is 0 Å². The maximum Gasteiger partial charge on any atom is 0.277 e. The minimum atomic E-state index is -0.436. The van der Waals surface area contributed by atoms with Gasteiger partial charge in [0.05, 0.1) is 11.2 Å². The number of hydrazone groups is 1. The first kappa shape index (κ1) is 20.1. The third-order valence-corrected chi connectivity index (χ3v) is 4.05. The SMILES string of the molecule is CC(C)(C)c1ccc(OCC(=O)NN=Cc2cc(Cl)cc(Cl)c2O)cc1. The molecule has 5 nitrogen and oxygen atoms in total. The largest absolute Gasteiger partial charge is 0.506 e. The van der Waals surface area contributed by atoms with Crippen LogP contribution >= 0.6 is 23.2 Å². The molecule has 138 valence electrons. The number of carbonyl (C=O) groups excluding carboxylic acids is 1. The van der Waals surface area contributed by atoms with Crippen molar-refractivity contribution in [2.45, 2.75) is 26.2 Å². The fraction of sp³-hybridized carbons (Fsp3) is 0.263. The van der Waals surface area contributed by atoms with Crippen molar-refractivity contribution in [3.63, 3.8) is 0 Å². The molecule has 0 aliphatic rings. The molecule has 0 saturated heterocycles. The van der Waals surface area contributed by atoms with E-state index in [0.29, 0.717) is 16.3 Å². The van der Waals surface area contributed by atoms with Gasteiger partial charge in [0.1, 0.15) is 11.5 Å². The topological polar surface area (TPSA) is 70.9 Å². The molecule has 0 saturated carbocycles. The van der Waals surface area contributed by atoms with E-state index in [1.165, 1.54) is 23.9 Å². The fourth-order valence-corrected chi connectivity index (χ4v) is 2.60. The minimum absolute atomic E-state index is 0.0550. The van der Waals surface area contributed by atoms with Gasteiger partial charge in [-0.05, 0) is 35.2 Å². The van der Waals surface area contributed by atoms with Crippen molar-refractivity contribution in [1.82, 2.24) is 5.43 Å². The zero-order chi connectivity index (χ0) is 19.3. The predicted molar refractivity (Wildman–Crippen MR) is 105 cm³/mol. The van der Waals surface area contributed by atoms with Crippen molar-refractivity contribution in [1.29, 1.82) is 0 Å². The van der Waals surface area contributed by atoms with Gasteiger partial charge in [-0.3, -0.25) is 4.79 Å². The van der Waals surface area contributed by atoms with E-state index in [-0.39, 0.29) is 22.8 Å². The molecule has 0 aliphatic heterocycles. The predicted octanol–water partition coefficient (Wildman–Crippen LogP) is 4.53. The number of hydrogen-bond donors (Lipinski definition) is 2. The summed E-state index contributed by atoms with van der Waals surface area (Å²) >= 11 is 11.7. The molecule has 2 aromatic rings. The summed E-state index contributed by atoms with van der Waals surface area (Å²) in [6.07, 6.45) is 1.25. The number of carbonyl (C=O) groups is 1. The fourth-order valence-electron chi connectivity index (χ4n) is 2.09. The highest BCUT2D eigenvalue weighted by Crippen LogP contribution is 2.30. The molecule has 0 bridgehead atoms. The summed E-state index contributed by atoms with van der Waals surface area (Å²) in [6, 6.07) is 10.5. The molecule has 2 aromatic carbocycles. The Balaban J connectivity index is 1.88. The summed E-state index contributed by atoms with van der Waals surface area (Å²) in [4.78, 5) is 11.8. The molecule has 2 N–H and O–H groups in total. The number of rotatable bonds is 5. The smallest absolute Gasteiger partial charge is 0.277 e. The first-order valence-corrected chi connectivity index (χ1v) is 8.65. The third-order valence-electron chi connectivity index (χ3n) is 3.54. The van der Waals surface area contributed by atoms with E-state index in [4.69, 9.17) is 27.9 Å². The van der Waals surface area contributed by atoms with Gasteiger partial charge in [-0.1, -0.05) is 56.1 Å². The van der Waals surface area contributed by atoms with Crippen LogP contribution in [0.3, 0.4) is 0 Å². The lowest BCUT2D eigenvalue weighted by atomic mass is 9.87. The molecule has 1 amide bonds. The summed E-state index contributed by atoms with van der Waals surface area (Å²) in [5, 5.41) is 14.0. The number of phenolic OH excluding ortho intramolecular Hbond substituents is 1. The Hall–Kier alpha value is -2.24. The Labute approximate surface area is 162 Å². The molecular formula is C19H20Cl2N2O3. The molecule has 0 radical (unpaired) electrons. The second kappa shape index (κ2) is 8.43. The second-order valence-corrected chi connectivity index (χ2v) is 7.53. The number of nitrogens with one attached hydrogen (secondary N) is 1. The van der Waals surface area contributed by atoms with Crippen LogP contribution in [0, 0.1) is 0 Å². The van der Waals surface area contributed by atoms with Crippen molar-refractivity contribution >= 4 is 35.3 Å². The van der Waals surface area contributed by atoms with Gasteiger partial charge < -0.3 is 9.84 Å². The number of phenols is 1. The van der Waals surface area contributed by atoms with E-state index in [0.717, 1.165) is 0 Å². The average Bonchev–Trinajstić information content (AvgIpc) is 2.57.